The van der Waals surface area contributed by atoms with E-state index in [1.165, 1.54) is 0 Å². The van der Waals surface area contributed by atoms with Crippen LogP contribution in [-0.4, -0.2) is 36.6 Å². The van der Waals surface area contributed by atoms with Crippen molar-refractivity contribution < 1.29 is 4.74 Å². The molecule has 1 aromatic carbocycles. The summed E-state index contributed by atoms with van der Waals surface area (Å²) in [5, 5.41) is 12.3. The SMILES string of the molecule is COc1ccc(-n2ccc(CNc3cncc(-n4nc(C)cc4C)n3)n2)cc1. The Hall–Kier alpha value is -3.68. The minimum absolute atomic E-state index is 0.540. The molecular weight excluding hydrogens is 354 g/mol. The fourth-order valence-corrected chi connectivity index (χ4v) is 2.92. The van der Waals surface area contributed by atoms with Crippen LogP contribution in [0.5, 0.6) is 5.75 Å². The average molecular weight is 375 g/mol. The third-order valence-corrected chi connectivity index (χ3v) is 4.28. The molecule has 0 aliphatic carbocycles. The maximum absolute atomic E-state index is 5.19. The largest absolute Gasteiger partial charge is 0.497 e. The van der Waals surface area contributed by atoms with E-state index < -0.39 is 0 Å². The molecule has 0 aliphatic rings. The van der Waals surface area contributed by atoms with Crippen LogP contribution in [0.3, 0.4) is 0 Å². The lowest BCUT2D eigenvalue weighted by atomic mass is 10.3. The second-order valence-electron chi connectivity index (χ2n) is 6.40. The number of ether oxygens (including phenoxy) is 1. The zero-order valence-electron chi connectivity index (χ0n) is 16.0. The quantitative estimate of drug-likeness (QED) is 0.558. The van der Waals surface area contributed by atoms with Gasteiger partial charge in [0.05, 0.1) is 43.1 Å². The number of aromatic nitrogens is 6. The van der Waals surface area contributed by atoms with E-state index in [2.05, 4.69) is 25.5 Å². The number of rotatable bonds is 6. The summed E-state index contributed by atoms with van der Waals surface area (Å²) in [6.07, 6.45) is 5.31. The monoisotopic (exact) mass is 375 g/mol. The smallest absolute Gasteiger partial charge is 0.174 e. The standard InChI is InChI=1S/C20H21N7O/c1-14-10-15(2)27(24-14)20-13-21-12-19(23-20)22-11-16-8-9-26(25-16)17-4-6-18(28-3)7-5-17/h4-10,12-13H,11H2,1-3H3,(H,22,23). The lowest BCUT2D eigenvalue weighted by Crippen LogP contribution is -2.07. The van der Waals surface area contributed by atoms with E-state index in [4.69, 9.17) is 4.74 Å². The molecule has 0 saturated heterocycles. The third-order valence-electron chi connectivity index (χ3n) is 4.28. The molecule has 0 aliphatic heterocycles. The molecule has 0 bridgehead atoms. The van der Waals surface area contributed by atoms with Gasteiger partial charge in [0, 0.05) is 11.9 Å². The van der Waals surface area contributed by atoms with Crippen molar-refractivity contribution in [3.63, 3.8) is 0 Å². The number of hydrogen-bond donors (Lipinski definition) is 1. The van der Waals surface area contributed by atoms with Gasteiger partial charge in [-0.1, -0.05) is 0 Å². The number of benzene rings is 1. The topological polar surface area (TPSA) is 82.7 Å². The van der Waals surface area contributed by atoms with Crippen LogP contribution in [0.2, 0.25) is 0 Å². The highest BCUT2D eigenvalue weighted by Crippen LogP contribution is 2.15. The van der Waals surface area contributed by atoms with Crippen LogP contribution < -0.4 is 10.1 Å². The molecule has 142 valence electrons. The predicted molar refractivity (Wildman–Crippen MR) is 106 cm³/mol. The summed E-state index contributed by atoms with van der Waals surface area (Å²) in [6.45, 7) is 4.49. The fraction of sp³-hybridized carbons (Fsp3) is 0.200. The molecule has 1 N–H and O–H groups in total. The van der Waals surface area contributed by atoms with Crippen LogP contribution in [0, 0.1) is 13.8 Å². The summed E-state index contributed by atoms with van der Waals surface area (Å²) >= 11 is 0. The number of methoxy groups -OCH3 is 1. The van der Waals surface area contributed by atoms with E-state index in [1.807, 2.05) is 61.1 Å². The molecule has 3 aromatic heterocycles. The lowest BCUT2D eigenvalue weighted by Gasteiger charge is -2.07. The van der Waals surface area contributed by atoms with Crippen LogP contribution in [0.25, 0.3) is 11.5 Å². The Balaban J connectivity index is 1.46. The van der Waals surface area contributed by atoms with Gasteiger partial charge in [0.25, 0.3) is 0 Å². The second kappa shape index (κ2) is 7.51. The maximum atomic E-state index is 5.19. The van der Waals surface area contributed by atoms with Gasteiger partial charge in [-0.3, -0.25) is 4.98 Å². The molecule has 3 heterocycles. The number of nitrogens with zero attached hydrogens (tertiary/aromatic N) is 6. The Kier molecular flexibility index (Phi) is 4.76. The Morgan fingerprint density at radius 3 is 2.57 bits per heavy atom. The van der Waals surface area contributed by atoms with E-state index in [0.717, 1.165) is 28.5 Å². The summed E-state index contributed by atoms with van der Waals surface area (Å²) in [5.41, 5.74) is 3.83. The lowest BCUT2D eigenvalue weighted by molar-refractivity contribution is 0.414. The Labute approximate surface area is 162 Å². The van der Waals surface area contributed by atoms with E-state index in [9.17, 15) is 0 Å². The molecule has 0 radical (unpaired) electrons. The van der Waals surface area contributed by atoms with Crippen LogP contribution >= 0.6 is 0 Å². The van der Waals surface area contributed by atoms with Crippen LogP contribution in [0.4, 0.5) is 5.82 Å². The maximum Gasteiger partial charge on any atom is 0.174 e. The van der Waals surface area contributed by atoms with Crippen molar-refractivity contribution in [2.75, 3.05) is 12.4 Å². The highest BCUT2D eigenvalue weighted by molar-refractivity contribution is 5.38. The molecule has 8 nitrogen and oxygen atoms in total. The summed E-state index contributed by atoms with van der Waals surface area (Å²) in [7, 11) is 1.65. The molecule has 8 heteroatoms. The van der Waals surface area contributed by atoms with Crippen molar-refractivity contribution in [3.05, 3.63) is 72.1 Å². The van der Waals surface area contributed by atoms with Crippen molar-refractivity contribution in [1.82, 2.24) is 29.5 Å². The van der Waals surface area contributed by atoms with Gasteiger partial charge in [0.1, 0.15) is 11.6 Å². The first-order valence-electron chi connectivity index (χ1n) is 8.91. The number of hydrogen-bond acceptors (Lipinski definition) is 6. The van der Waals surface area contributed by atoms with Crippen LogP contribution in [0.1, 0.15) is 17.1 Å². The normalized spacial score (nSPS) is 10.8. The Morgan fingerprint density at radius 2 is 1.86 bits per heavy atom. The van der Waals surface area contributed by atoms with E-state index in [1.54, 1.807) is 24.2 Å². The molecule has 0 saturated carbocycles. The molecule has 0 spiro atoms. The number of anilines is 1. The summed E-state index contributed by atoms with van der Waals surface area (Å²) in [5.74, 6) is 2.17. The number of nitrogens with one attached hydrogen (secondary N) is 1. The van der Waals surface area contributed by atoms with Gasteiger partial charge in [-0.2, -0.15) is 10.2 Å². The number of aryl methyl sites for hydroxylation is 2. The van der Waals surface area contributed by atoms with Crippen molar-refractivity contribution >= 4 is 5.82 Å². The van der Waals surface area contributed by atoms with E-state index in [0.29, 0.717) is 18.2 Å². The van der Waals surface area contributed by atoms with Gasteiger partial charge in [-0.15, -0.1) is 0 Å². The third kappa shape index (κ3) is 3.71. The summed E-state index contributed by atoms with van der Waals surface area (Å²) < 4.78 is 8.80. The van der Waals surface area contributed by atoms with Gasteiger partial charge in [0.15, 0.2) is 5.82 Å². The second-order valence-corrected chi connectivity index (χ2v) is 6.40. The predicted octanol–water partition coefficient (Wildman–Crippen LogP) is 3.09. The highest BCUT2D eigenvalue weighted by Gasteiger charge is 2.07. The summed E-state index contributed by atoms with van der Waals surface area (Å²) in [6, 6.07) is 11.7. The van der Waals surface area contributed by atoms with Gasteiger partial charge >= 0.3 is 0 Å². The molecule has 0 atom stereocenters. The molecule has 28 heavy (non-hydrogen) atoms. The Morgan fingerprint density at radius 1 is 1.04 bits per heavy atom. The minimum atomic E-state index is 0.540. The first kappa shape index (κ1) is 17.7. The molecule has 0 amide bonds. The molecule has 4 aromatic rings. The van der Waals surface area contributed by atoms with Crippen molar-refractivity contribution in [1.29, 1.82) is 0 Å². The van der Waals surface area contributed by atoms with Crippen molar-refractivity contribution in [2.24, 2.45) is 0 Å². The fourth-order valence-electron chi connectivity index (χ4n) is 2.92. The zero-order valence-corrected chi connectivity index (χ0v) is 16.0. The Bertz CT molecular complexity index is 1080. The van der Waals surface area contributed by atoms with Crippen LogP contribution in [0.15, 0.2) is 55.0 Å². The van der Waals surface area contributed by atoms with E-state index >= 15 is 0 Å². The van der Waals surface area contributed by atoms with Gasteiger partial charge in [0.2, 0.25) is 0 Å². The van der Waals surface area contributed by atoms with E-state index in [-0.39, 0.29) is 0 Å². The molecular formula is C20H21N7O. The zero-order chi connectivity index (χ0) is 19.5. The van der Waals surface area contributed by atoms with Gasteiger partial charge in [-0.05, 0) is 50.2 Å². The first-order valence-corrected chi connectivity index (χ1v) is 8.91. The van der Waals surface area contributed by atoms with Gasteiger partial charge < -0.3 is 10.1 Å². The average Bonchev–Trinajstić information content (AvgIpc) is 3.33. The van der Waals surface area contributed by atoms with Crippen molar-refractivity contribution in [3.8, 4) is 17.3 Å². The highest BCUT2D eigenvalue weighted by atomic mass is 16.5. The molecule has 0 fully saturated rings. The molecule has 4 rings (SSSR count). The van der Waals surface area contributed by atoms with Gasteiger partial charge in [-0.25, -0.2) is 14.3 Å². The minimum Gasteiger partial charge on any atom is -0.497 e. The summed E-state index contributed by atoms with van der Waals surface area (Å²) in [4.78, 5) is 8.86. The van der Waals surface area contributed by atoms with Crippen molar-refractivity contribution in [2.45, 2.75) is 20.4 Å². The first-order chi connectivity index (χ1) is 13.6. The molecule has 0 unspecified atom stereocenters. The van der Waals surface area contributed by atoms with Crippen LogP contribution in [-0.2, 0) is 6.54 Å².